The van der Waals surface area contributed by atoms with E-state index in [2.05, 4.69) is 187 Å². The Balaban J connectivity index is 1.23. The molecule has 1 heterocycles. The molecule has 238 valence electrons. The summed E-state index contributed by atoms with van der Waals surface area (Å²) in [6.07, 6.45) is 0. The summed E-state index contributed by atoms with van der Waals surface area (Å²) in [6, 6.07) is 68.4. The summed E-state index contributed by atoms with van der Waals surface area (Å²) in [5.74, 6) is 0. The van der Waals surface area contributed by atoms with E-state index in [0.29, 0.717) is 0 Å². The summed E-state index contributed by atoms with van der Waals surface area (Å²) < 4.78 is 6.38. The van der Waals surface area contributed by atoms with E-state index in [-0.39, 0.29) is 0 Å². The van der Waals surface area contributed by atoms with Gasteiger partial charge in [0.05, 0.1) is 16.8 Å². The Bertz CT molecular complexity index is 2780. The molecule has 0 fully saturated rings. The predicted molar refractivity (Wildman–Crippen MR) is 210 cm³/mol. The molecule has 0 saturated carbocycles. The highest BCUT2D eigenvalue weighted by molar-refractivity contribution is 6.14. The predicted octanol–water partition coefficient (Wildman–Crippen LogP) is 13.1. The van der Waals surface area contributed by atoms with Crippen LogP contribution in [-0.2, 0) is 5.41 Å². The van der Waals surface area contributed by atoms with Crippen LogP contribution in [0.3, 0.4) is 0 Å². The van der Waals surface area contributed by atoms with Crippen LogP contribution in [0.4, 0.5) is 17.1 Å². The number of benzene rings is 8. The molecule has 9 aromatic rings. The van der Waals surface area contributed by atoms with Crippen LogP contribution < -0.4 is 4.90 Å². The lowest BCUT2D eigenvalue weighted by Gasteiger charge is -2.32. The van der Waals surface area contributed by atoms with Crippen LogP contribution >= 0.6 is 0 Å². The first-order chi connectivity index (χ1) is 25.3. The van der Waals surface area contributed by atoms with Crippen LogP contribution in [0.15, 0.2) is 192 Å². The first kappa shape index (κ1) is 28.2. The molecule has 2 aliphatic rings. The maximum Gasteiger partial charge on any atom is 0.136 e. The number of rotatable bonds is 4. The van der Waals surface area contributed by atoms with Gasteiger partial charge in [-0.05, 0) is 80.9 Å². The standard InChI is InChI=1S/C49H31NO/c1-2-16-32(17-3-1)50(43-28-12-7-20-35(43)36-23-14-31-46-47(36)38-22-8-13-30-45(38)51-46)44-29-15-27-42-48(44)37-21-6-11-26-41(37)49(42)39-24-9-4-18-33(39)34-19-5-10-25-40(34)49/h1-31H. The topological polar surface area (TPSA) is 16.4 Å². The number of fused-ring (bicyclic) bond motifs is 13. The molecule has 1 aromatic heterocycles. The molecular formula is C49H31NO. The molecule has 11 rings (SSSR count). The van der Waals surface area contributed by atoms with Crippen molar-refractivity contribution in [3.63, 3.8) is 0 Å². The van der Waals surface area contributed by atoms with E-state index in [4.69, 9.17) is 4.42 Å². The average molecular weight is 650 g/mol. The Morgan fingerprint density at radius 2 is 0.863 bits per heavy atom. The van der Waals surface area contributed by atoms with Crippen LogP contribution in [0.5, 0.6) is 0 Å². The van der Waals surface area contributed by atoms with Gasteiger partial charge in [-0.25, -0.2) is 0 Å². The number of nitrogens with zero attached hydrogens (tertiary/aromatic N) is 1. The second-order valence-corrected chi connectivity index (χ2v) is 13.6. The molecule has 1 spiro atoms. The van der Waals surface area contributed by atoms with Gasteiger partial charge < -0.3 is 9.32 Å². The zero-order chi connectivity index (χ0) is 33.5. The maximum absolute atomic E-state index is 6.38. The van der Waals surface area contributed by atoms with Gasteiger partial charge in [0.15, 0.2) is 0 Å². The maximum atomic E-state index is 6.38. The van der Waals surface area contributed by atoms with Gasteiger partial charge in [0.25, 0.3) is 0 Å². The highest BCUT2D eigenvalue weighted by atomic mass is 16.3. The first-order valence-electron chi connectivity index (χ1n) is 17.6. The van der Waals surface area contributed by atoms with Gasteiger partial charge in [0.2, 0.25) is 0 Å². The molecule has 0 radical (unpaired) electrons. The molecule has 8 aromatic carbocycles. The van der Waals surface area contributed by atoms with Gasteiger partial charge in [-0.2, -0.15) is 0 Å². The van der Waals surface area contributed by atoms with Gasteiger partial charge in [-0.15, -0.1) is 0 Å². The summed E-state index contributed by atoms with van der Waals surface area (Å²) in [5, 5.41) is 2.26. The fourth-order valence-electron chi connectivity index (χ4n) is 9.19. The fourth-order valence-corrected chi connectivity index (χ4v) is 9.19. The molecule has 0 amide bonds. The van der Waals surface area contributed by atoms with Crippen molar-refractivity contribution in [1.82, 2.24) is 0 Å². The molecule has 0 unspecified atom stereocenters. The minimum Gasteiger partial charge on any atom is -0.456 e. The number of anilines is 3. The SMILES string of the molecule is c1ccc(N(c2ccccc2-c2cccc3oc4ccccc4c23)c2cccc3c2-c2ccccc2C32c3ccccc3-c3ccccc32)cc1. The van der Waals surface area contributed by atoms with Crippen LogP contribution in [-0.4, -0.2) is 0 Å². The quantitative estimate of drug-likeness (QED) is 0.189. The normalized spacial score (nSPS) is 13.3. The smallest absolute Gasteiger partial charge is 0.136 e. The van der Waals surface area contributed by atoms with Crippen molar-refractivity contribution < 1.29 is 4.42 Å². The first-order valence-corrected chi connectivity index (χ1v) is 17.6. The number of hydrogen-bond acceptors (Lipinski definition) is 2. The largest absolute Gasteiger partial charge is 0.456 e. The average Bonchev–Trinajstić information content (AvgIpc) is 3.83. The Morgan fingerprint density at radius 1 is 0.353 bits per heavy atom. The fraction of sp³-hybridized carbons (Fsp3) is 0.0204. The van der Waals surface area contributed by atoms with E-state index in [1.807, 2.05) is 6.07 Å². The number of para-hydroxylation sites is 3. The lowest BCUT2D eigenvalue weighted by atomic mass is 9.70. The minimum atomic E-state index is -0.418. The number of furan rings is 1. The van der Waals surface area contributed by atoms with Gasteiger partial charge in [0.1, 0.15) is 11.2 Å². The molecule has 0 saturated heterocycles. The van der Waals surface area contributed by atoms with Crippen LogP contribution in [0.1, 0.15) is 22.3 Å². The van der Waals surface area contributed by atoms with Crippen molar-refractivity contribution in [1.29, 1.82) is 0 Å². The monoisotopic (exact) mass is 649 g/mol. The third-order valence-corrected chi connectivity index (χ3v) is 11.1. The molecular weight excluding hydrogens is 619 g/mol. The van der Waals surface area contributed by atoms with E-state index < -0.39 is 5.41 Å². The summed E-state index contributed by atoms with van der Waals surface area (Å²) in [7, 11) is 0. The summed E-state index contributed by atoms with van der Waals surface area (Å²) in [5.41, 5.74) is 17.6. The molecule has 0 bridgehead atoms. The zero-order valence-corrected chi connectivity index (χ0v) is 27.8. The summed E-state index contributed by atoms with van der Waals surface area (Å²) in [6.45, 7) is 0. The van der Waals surface area contributed by atoms with Crippen molar-refractivity contribution in [2.75, 3.05) is 4.90 Å². The minimum absolute atomic E-state index is 0.418. The number of hydrogen-bond donors (Lipinski definition) is 0. The van der Waals surface area contributed by atoms with Crippen LogP contribution in [0.2, 0.25) is 0 Å². The highest BCUT2D eigenvalue weighted by Gasteiger charge is 2.52. The Hall–Kier alpha value is -6.64. The molecule has 51 heavy (non-hydrogen) atoms. The third kappa shape index (κ3) is 3.76. The van der Waals surface area contributed by atoms with Gasteiger partial charge in [-0.3, -0.25) is 0 Å². The molecule has 2 nitrogen and oxygen atoms in total. The van der Waals surface area contributed by atoms with Crippen molar-refractivity contribution in [2.24, 2.45) is 0 Å². The molecule has 2 aliphatic carbocycles. The van der Waals surface area contributed by atoms with E-state index >= 15 is 0 Å². The van der Waals surface area contributed by atoms with Crippen LogP contribution in [0.25, 0.3) is 55.3 Å². The van der Waals surface area contributed by atoms with E-state index in [9.17, 15) is 0 Å². The summed E-state index contributed by atoms with van der Waals surface area (Å²) >= 11 is 0. The van der Waals surface area contributed by atoms with Gasteiger partial charge >= 0.3 is 0 Å². The lowest BCUT2D eigenvalue weighted by Crippen LogP contribution is -2.26. The van der Waals surface area contributed by atoms with E-state index in [0.717, 1.165) is 50.1 Å². The third-order valence-electron chi connectivity index (χ3n) is 11.1. The van der Waals surface area contributed by atoms with Gasteiger partial charge in [-0.1, -0.05) is 152 Å². The summed E-state index contributed by atoms with van der Waals surface area (Å²) in [4.78, 5) is 2.47. The van der Waals surface area contributed by atoms with E-state index in [1.54, 1.807) is 0 Å². The Kier molecular flexibility index (Phi) is 5.91. The highest BCUT2D eigenvalue weighted by Crippen LogP contribution is 2.64. The second kappa shape index (κ2) is 10.7. The Morgan fingerprint density at radius 3 is 1.63 bits per heavy atom. The molecule has 0 aliphatic heterocycles. The van der Waals surface area contributed by atoms with Gasteiger partial charge in [0, 0.05) is 27.6 Å². The molecule has 0 atom stereocenters. The molecule has 2 heteroatoms. The lowest BCUT2D eigenvalue weighted by molar-refractivity contribution is 0.669. The van der Waals surface area contributed by atoms with Crippen molar-refractivity contribution >= 4 is 39.0 Å². The van der Waals surface area contributed by atoms with Crippen LogP contribution in [0, 0.1) is 0 Å². The van der Waals surface area contributed by atoms with Crippen molar-refractivity contribution in [3.8, 4) is 33.4 Å². The van der Waals surface area contributed by atoms with E-state index in [1.165, 1.54) is 44.5 Å². The zero-order valence-electron chi connectivity index (χ0n) is 27.8. The second-order valence-electron chi connectivity index (χ2n) is 13.6. The Labute approximate surface area is 296 Å². The van der Waals surface area contributed by atoms with Crippen molar-refractivity contribution in [3.05, 3.63) is 210 Å². The molecule has 0 N–H and O–H groups in total. The van der Waals surface area contributed by atoms with Crippen molar-refractivity contribution in [2.45, 2.75) is 5.41 Å².